The van der Waals surface area contributed by atoms with Crippen LogP contribution in [-0.4, -0.2) is 32.3 Å². The van der Waals surface area contributed by atoms with E-state index < -0.39 is 17.2 Å². The van der Waals surface area contributed by atoms with Gasteiger partial charge >= 0.3 is 5.69 Å². The maximum absolute atomic E-state index is 12.7. The van der Waals surface area contributed by atoms with E-state index in [-0.39, 0.29) is 11.5 Å². The zero-order chi connectivity index (χ0) is 22.4. The third-order valence-electron chi connectivity index (χ3n) is 4.84. The molecule has 0 aromatic carbocycles. The second kappa shape index (κ2) is 10.3. The molecule has 0 saturated carbocycles. The highest BCUT2D eigenvalue weighted by atomic mass is 35.5. The van der Waals surface area contributed by atoms with Gasteiger partial charge in [0, 0.05) is 31.8 Å². The summed E-state index contributed by atoms with van der Waals surface area (Å²) in [7, 11) is 1.43. The van der Waals surface area contributed by atoms with Crippen molar-refractivity contribution in [2.45, 2.75) is 59.5 Å². The van der Waals surface area contributed by atoms with Crippen LogP contribution in [0, 0.1) is 6.92 Å². The number of amides is 1. The highest BCUT2D eigenvalue weighted by Gasteiger charge is 2.20. The minimum absolute atomic E-state index is 0.0388. The van der Waals surface area contributed by atoms with Crippen LogP contribution < -0.4 is 21.9 Å². The van der Waals surface area contributed by atoms with Crippen LogP contribution in [0.25, 0.3) is 6.08 Å². The number of aromatic amines is 1. The van der Waals surface area contributed by atoms with Crippen molar-refractivity contribution in [3.05, 3.63) is 43.3 Å². The Balaban J connectivity index is 2.32. The van der Waals surface area contributed by atoms with E-state index in [2.05, 4.69) is 17.0 Å². The van der Waals surface area contributed by atoms with Crippen LogP contribution in [0.15, 0.2) is 15.7 Å². The second-order valence-corrected chi connectivity index (χ2v) is 7.45. The van der Waals surface area contributed by atoms with E-state index in [0.29, 0.717) is 35.9 Å². The molecule has 0 radical (unpaired) electrons. The van der Waals surface area contributed by atoms with Crippen LogP contribution in [0.4, 0.5) is 11.5 Å². The van der Waals surface area contributed by atoms with Crippen molar-refractivity contribution >= 4 is 35.1 Å². The smallest absolute Gasteiger partial charge is 0.330 e. The summed E-state index contributed by atoms with van der Waals surface area (Å²) in [6.45, 7) is 6.93. The van der Waals surface area contributed by atoms with Gasteiger partial charge in [0.1, 0.15) is 11.0 Å². The molecule has 0 atom stereocenters. The zero-order valence-electron chi connectivity index (χ0n) is 17.9. The molecule has 2 aromatic rings. The maximum Gasteiger partial charge on any atom is 0.330 e. The molecule has 9 nitrogen and oxygen atoms in total. The molecular formula is C20H29ClN6O3. The molecule has 0 aliphatic rings. The number of likely N-dealkylation sites (N-methyl/N-ethyl adjacent to an activating group) is 1. The summed E-state index contributed by atoms with van der Waals surface area (Å²) in [4.78, 5) is 40.4. The number of rotatable bonds is 9. The number of aryl methyl sites for hydroxylation is 2. The molecule has 1 amide bonds. The fraction of sp³-hybridized carbons (Fsp3) is 0.500. The van der Waals surface area contributed by atoms with Gasteiger partial charge in [-0.15, -0.1) is 0 Å². The number of anilines is 2. The van der Waals surface area contributed by atoms with Gasteiger partial charge in [-0.05, 0) is 25.8 Å². The molecular weight excluding hydrogens is 408 g/mol. The Bertz CT molecular complexity index is 1050. The predicted octanol–water partition coefficient (Wildman–Crippen LogP) is 2.55. The summed E-state index contributed by atoms with van der Waals surface area (Å²) < 4.78 is 2.98. The Kier molecular flexibility index (Phi) is 8.05. The molecule has 0 saturated heterocycles. The molecule has 0 spiro atoms. The maximum atomic E-state index is 12.7. The average Bonchev–Trinajstić information content (AvgIpc) is 2.96. The third kappa shape index (κ3) is 5.02. The monoisotopic (exact) mass is 436 g/mol. The van der Waals surface area contributed by atoms with Gasteiger partial charge in [0.15, 0.2) is 5.69 Å². The molecule has 30 heavy (non-hydrogen) atoms. The molecule has 0 aliphatic heterocycles. The van der Waals surface area contributed by atoms with Crippen molar-refractivity contribution in [3.8, 4) is 0 Å². The molecule has 2 heterocycles. The number of halogens is 1. The first-order chi connectivity index (χ1) is 14.2. The van der Waals surface area contributed by atoms with E-state index in [1.54, 1.807) is 10.8 Å². The highest BCUT2D eigenvalue weighted by molar-refractivity contribution is 6.31. The van der Waals surface area contributed by atoms with E-state index in [0.717, 1.165) is 24.2 Å². The largest absolute Gasteiger partial charge is 0.383 e. The zero-order valence-corrected chi connectivity index (χ0v) is 18.6. The molecule has 2 aromatic heterocycles. The second-order valence-electron chi connectivity index (χ2n) is 7.10. The van der Waals surface area contributed by atoms with Gasteiger partial charge in [-0.1, -0.05) is 38.3 Å². The van der Waals surface area contributed by atoms with Crippen molar-refractivity contribution in [1.29, 1.82) is 0 Å². The fourth-order valence-corrected chi connectivity index (χ4v) is 3.35. The van der Waals surface area contributed by atoms with Crippen LogP contribution in [0.3, 0.4) is 0 Å². The Hall–Kier alpha value is -2.81. The fourth-order valence-electron chi connectivity index (χ4n) is 3.03. The summed E-state index contributed by atoms with van der Waals surface area (Å²) in [6.07, 6.45) is 6.40. The number of nitrogens with two attached hydrogens (primary N) is 1. The minimum Gasteiger partial charge on any atom is -0.383 e. The number of nitrogen functional groups attached to an aromatic ring is 1. The number of carbonyl (C=O) groups is 1. The minimum atomic E-state index is -0.712. The van der Waals surface area contributed by atoms with Crippen LogP contribution in [0.5, 0.6) is 0 Å². The van der Waals surface area contributed by atoms with E-state index in [4.69, 9.17) is 17.3 Å². The number of nitrogens with one attached hydrogen (secondary N) is 1. The first-order valence-corrected chi connectivity index (χ1v) is 10.4. The Morgan fingerprint density at radius 2 is 1.87 bits per heavy atom. The van der Waals surface area contributed by atoms with E-state index in [9.17, 15) is 14.4 Å². The molecule has 0 fully saturated rings. The molecule has 3 N–H and O–H groups in total. The van der Waals surface area contributed by atoms with E-state index in [1.165, 1.54) is 17.7 Å². The number of nitrogens with zero attached hydrogens (tertiary/aromatic N) is 4. The molecule has 0 aliphatic carbocycles. The van der Waals surface area contributed by atoms with Crippen molar-refractivity contribution in [1.82, 2.24) is 19.3 Å². The van der Waals surface area contributed by atoms with E-state index in [1.807, 2.05) is 13.8 Å². The lowest BCUT2D eigenvalue weighted by Gasteiger charge is -2.19. The Labute approximate surface area is 180 Å². The Morgan fingerprint density at radius 1 is 1.23 bits per heavy atom. The lowest BCUT2D eigenvalue weighted by Crippen LogP contribution is -2.38. The van der Waals surface area contributed by atoms with Crippen LogP contribution in [0.2, 0.25) is 5.15 Å². The number of H-pyrrole nitrogens is 1. The van der Waals surface area contributed by atoms with Gasteiger partial charge in [0.2, 0.25) is 0 Å². The lowest BCUT2D eigenvalue weighted by atomic mass is 10.2. The molecule has 10 heteroatoms. The van der Waals surface area contributed by atoms with Gasteiger partial charge in [-0.25, -0.2) is 4.79 Å². The summed E-state index contributed by atoms with van der Waals surface area (Å²) in [6, 6.07) is 0. The van der Waals surface area contributed by atoms with Crippen molar-refractivity contribution in [2.24, 2.45) is 0 Å². The van der Waals surface area contributed by atoms with Crippen molar-refractivity contribution < 1.29 is 4.79 Å². The number of unbranched alkanes of at least 4 members (excludes halogenated alkanes) is 2. The molecule has 0 unspecified atom stereocenters. The van der Waals surface area contributed by atoms with Crippen LogP contribution >= 0.6 is 11.6 Å². The first kappa shape index (κ1) is 23.5. The first-order valence-electron chi connectivity index (χ1n) is 10.0. The molecule has 2 rings (SSSR count). The van der Waals surface area contributed by atoms with Gasteiger partial charge < -0.3 is 10.6 Å². The summed E-state index contributed by atoms with van der Waals surface area (Å²) in [5.41, 5.74) is 6.04. The van der Waals surface area contributed by atoms with E-state index >= 15 is 0 Å². The summed E-state index contributed by atoms with van der Waals surface area (Å²) in [5.74, 6) is -0.521. The lowest BCUT2D eigenvalue weighted by molar-refractivity contribution is -0.113. The SMILES string of the molecule is CCCCn1nc(C)c(/C=C/C(=O)N(C)c2c(N)n(CCCC)c(=O)[nH]c2=O)c1Cl. The highest BCUT2D eigenvalue weighted by Crippen LogP contribution is 2.22. The molecule has 164 valence electrons. The summed E-state index contributed by atoms with van der Waals surface area (Å²) >= 11 is 6.39. The number of hydrogen-bond acceptors (Lipinski definition) is 5. The number of aromatic nitrogens is 4. The normalized spacial score (nSPS) is 11.4. The quantitative estimate of drug-likeness (QED) is 0.585. The van der Waals surface area contributed by atoms with Crippen molar-refractivity contribution in [2.75, 3.05) is 17.7 Å². The Morgan fingerprint density at radius 3 is 2.50 bits per heavy atom. The summed E-state index contributed by atoms with van der Waals surface area (Å²) in [5, 5.41) is 4.86. The number of hydrogen-bond donors (Lipinski definition) is 2. The van der Waals surface area contributed by atoms with Crippen molar-refractivity contribution in [3.63, 3.8) is 0 Å². The van der Waals surface area contributed by atoms with Crippen LogP contribution in [-0.2, 0) is 17.9 Å². The van der Waals surface area contributed by atoms with Gasteiger partial charge in [-0.2, -0.15) is 5.10 Å². The predicted molar refractivity (Wildman–Crippen MR) is 120 cm³/mol. The average molecular weight is 437 g/mol. The van der Waals surface area contributed by atoms with Gasteiger partial charge in [0.05, 0.1) is 5.69 Å². The standard InChI is InChI=1S/C20H29ClN6O3/c1-5-7-11-26-18(22)16(19(29)23-20(26)30)25(4)15(28)10-9-14-13(3)24-27(17(14)21)12-8-6-2/h9-10H,5-8,11-12,22H2,1-4H3,(H,23,29,30)/b10-9+. The molecule has 0 bridgehead atoms. The topological polar surface area (TPSA) is 119 Å². The van der Waals surface area contributed by atoms with Crippen LogP contribution in [0.1, 0.15) is 50.8 Å². The third-order valence-corrected chi connectivity index (χ3v) is 5.24. The number of carbonyl (C=O) groups excluding carboxylic acids is 1. The van der Waals surface area contributed by atoms with Gasteiger partial charge in [0.25, 0.3) is 11.5 Å². The van der Waals surface area contributed by atoms with Gasteiger partial charge in [-0.3, -0.25) is 23.8 Å².